The predicted molar refractivity (Wildman–Crippen MR) is 81.4 cm³/mol. The number of benzene rings is 1. The fourth-order valence-corrected chi connectivity index (χ4v) is 2.77. The quantitative estimate of drug-likeness (QED) is 0.926. The van der Waals surface area contributed by atoms with E-state index in [1.54, 1.807) is 7.11 Å². The number of aliphatic hydroxyl groups is 1. The van der Waals surface area contributed by atoms with Gasteiger partial charge in [-0.05, 0) is 12.0 Å². The molecule has 1 aromatic carbocycles. The van der Waals surface area contributed by atoms with Gasteiger partial charge in [0, 0.05) is 32.5 Å². The van der Waals surface area contributed by atoms with E-state index in [9.17, 15) is 5.11 Å². The number of aromatic nitrogens is 2. The van der Waals surface area contributed by atoms with Crippen LogP contribution >= 0.6 is 0 Å². The van der Waals surface area contributed by atoms with Gasteiger partial charge in [0.05, 0.1) is 18.8 Å². The highest BCUT2D eigenvalue weighted by molar-refractivity contribution is 5.38. The van der Waals surface area contributed by atoms with Crippen LogP contribution in [0.25, 0.3) is 0 Å². The molecule has 1 N–H and O–H groups in total. The molecule has 0 spiro atoms. The summed E-state index contributed by atoms with van der Waals surface area (Å²) in [4.78, 5) is 2.11. The molecule has 1 fully saturated rings. The second-order valence-electron chi connectivity index (χ2n) is 5.43. The minimum atomic E-state index is -0.456. The molecule has 5 nitrogen and oxygen atoms in total. The Morgan fingerprint density at radius 2 is 2.10 bits per heavy atom. The highest BCUT2D eigenvalue weighted by Gasteiger charge is 2.28. The smallest absolute Gasteiger partial charge is 0.150 e. The predicted octanol–water partition coefficient (Wildman–Crippen LogP) is 1.52. The van der Waals surface area contributed by atoms with E-state index in [2.05, 4.69) is 22.1 Å². The van der Waals surface area contributed by atoms with Crippen LogP contribution in [0, 0.1) is 0 Å². The van der Waals surface area contributed by atoms with Crippen LogP contribution in [0.1, 0.15) is 12.0 Å². The summed E-state index contributed by atoms with van der Waals surface area (Å²) in [5.74, 6) is 0.916. The van der Waals surface area contributed by atoms with Crippen LogP contribution in [0.5, 0.6) is 0 Å². The molecule has 2 aromatic rings. The number of nitrogens with zero attached hydrogens (tertiary/aromatic N) is 3. The van der Waals surface area contributed by atoms with E-state index < -0.39 is 6.10 Å². The lowest BCUT2D eigenvalue weighted by Crippen LogP contribution is -2.47. The van der Waals surface area contributed by atoms with Crippen molar-refractivity contribution in [2.45, 2.75) is 25.2 Å². The molecular weight excluding hydrogens is 266 g/mol. The van der Waals surface area contributed by atoms with Crippen LogP contribution in [0.3, 0.4) is 0 Å². The lowest BCUT2D eigenvalue weighted by molar-refractivity contribution is -0.0218. The molecule has 1 saturated heterocycles. The van der Waals surface area contributed by atoms with Crippen molar-refractivity contribution < 1.29 is 9.84 Å². The van der Waals surface area contributed by atoms with E-state index in [0.717, 1.165) is 25.3 Å². The van der Waals surface area contributed by atoms with Gasteiger partial charge in [-0.2, -0.15) is 5.10 Å². The van der Waals surface area contributed by atoms with Crippen LogP contribution in [0.15, 0.2) is 42.6 Å². The first-order chi connectivity index (χ1) is 10.3. The number of hydrogen-bond acceptors (Lipinski definition) is 4. The van der Waals surface area contributed by atoms with E-state index in [1.165, 1.54) is 5.56 Å². The first-order valence-electron chi connectivity index (χ1n) is 7.29. The first-order valence-corrected chi connectivity index (χ1v) is 7.29. The van der Waals surface area contributed by atoms with Crippen LogP contribution in [0.4, 0.5) is 5.82 Å². The highest BCUT2D eigenvalue weighted by Crippen LogP contribution is 2.20. The van der Waals surface area contributed by atoms with Crippen molar-refractivity contribution in [1.29, 1.82) is 0 Å². The van der Waals surface area contributed by atoms with Gasteiger partial charge in [-0.3, -0.25) is 4.68 Å². The average molecular weight is 287 g/mol. The van der Waals surface area contributed by atoms with Gasteiger partial charge in [-0.25, -0.2) is 0 Å². The molecule has 0 radical (unpaired) electrons. The molecular formula is C16H21N3O2. The SMILES string of the molecule is COC1CCN(c2ccn(Cc3ccccc3)n2)C[C@H]1O. The molecule has 1 aliphatic heterocycles. The topological polar surface area (TPSA) is 50.5 Å². The number of anilines is 1. The molecule has 0 amide bonds. The van der Waals surface area contributed by atoms with Gasteiger partial charge in [-0.1, -0.05) is 30.3 Å². The Kier molecular flexibility index (Phi) is 4.22. The Morgan fingerprint density at radius 1 is 1.29 bits per heavy atom. The Bertz CT molecular complexity index is 570. The molecule has 0 aliphatic carbocycles. The maximum absolute atomic E-state index is 10.0. The van der Waals surface area contributed by atoms with Crippen LogP contribution < -0.4 is 4.90 Å². The van der Waals surface area contributed by atoms with Gasteiger partial charge in [-0.15, -0.1) is 0 Å². The third-order valence-electron chi connectivity index (χ3n) is 3.96. The van der Waals surface area contributed by atoms with Gasteiger partial charge in [0.2, 0.25) is 0 Å². The summed E-state index contributed by atoms with van der Waals surface area (Å²) < 4.78 is 7.20. The molecule has 2 atom stereocenters. The monoisotopic (exact) mass is 287 g/mol. The maximum Gasteiger partial charge on any atom is 0.150 e. The minimum absolute atomic E-state index is 0.0624. The Labute approximate surface area is 124 Å². The fourth-order valence-electron chi connectivity index (χ4n) is 2.77. The van der Waals surface area contributed by atoms with Crippen molar-refractivity contribution in [3.05, 3.63) is 48.2 Å². The lowest BCUT2D eigenvalue weighted by atomic mass is 10.1. The van der Waals surface area contributed by atoms with Crippen LogP contribution in [-0.4, -0.2) is 47.3 Å². The number of rotatable bonds is 4. The summed E-state index contributed by atoms with van der Waals surface area (Å²) in [5, 5.41) is 14.6. The lowest BCUT2D eigenvalue weighted by Gasteiger charge is -2.35. The number of ether oxygens (including phenoxy) is 1. The summed E-state index contributed by atoms with van der Waals surface area (Å²) in [6, 6.07) is 12.3. The van der Waals surface area contributed by atoms with Crippen molar-refractivity contribution in [3.63, 3.8) is 0 Å². The van der Waals surface area contributed by atoms with Gasteiger partial charge in [0.15, 0.2) is 5.82 Å². The normalized spacial score (nSPS) is 22.5. The van der Waals surface area contributed by atoms with Gasteiger partial charge < -0.3 is 14.7 Å². The number of methoxy groups -OCH3 is 1. The molecule has 3 rings (SSSR count). The molecule has 112 valence electrons. The third-order valence-corrected chi connectivity index (χ3v) is 3.96. The minimum Gasteiger partial charge on any atom is -0.389 e. The summed E-state index contributed by atoms with van der Waals surface area (Å²) in [7, 11) is 1.65. The number of piperidine rings is 1. The zero-order valence-electron chi connectivity index (χ0n) is 12.2. The zero-order valence-corrected chi connectivity index (χ0v) is 12.2. The van der Waals surface area contributed by atoms with E-state index in [1.807, 2.05) is 35.1 Å². The summed E-state index contributed by atoms with van der Waals surface area (Å²) in [6.07, 6.45) is 2.29. The van der Waals surface area contributed by atoms with E-state index in [-0.39, 0.29) is 6.10 Å². The van der Waals surface area contributed by atoms with Crippen LogP contribution in [0.2, 0.25) is 0 Å². The summed E-state index contributed by atoms with van der Waals surface area (Å²) in [6.45, 7) is 2.19. The van der Waals surface area contributed by atoms with Crippen molar-refractivity contribution >= 4 is 5.82 Å². The highest BCUT2D eigenvalue weighted by atomic mass is 16.5. The molecule has 0 bridgehead atoms. The molecule has 5 heteroatoms. The molecule has 1 aromatic heterocycles. The first kappa shape index (κ1) is 14.1. The van der Waals surface area contributed by atoms with E-state index in [0.29, 0.717) is 6.54 Å². The van der Waals surface area contributed by atoms with Crippen molar-refractivity contribution in [3.8, 4) is 0 Å². The Balaban J connectivity index is 1.65. The number of β-amino-alcohol motifs (C(OH)–C–C–N with tert-alkyl or cyclic N) is 1. The fraction of sp³-hybridized carbons (Fsp3) is 0.438. The maximum atomic E-state index is 10.0. The molecule has 2 heterocycles. The standard InChI is InChI=1S/C16H21N3O2/c1-21-15-7-9-18(12-14(15)20)16-8-10-19(17-16)11-13-5-3-2-4-6-13/h2-6,8,10,14-15,20H,7,9,11-12H2,1H3/t14-,15?/m1/s1. The third kappa shape index (κ3) is 3.25. The second-order valence-corrected chi connectivity index (χ2v) is 5.43. The van der Waals surface area contributed by atoms with Gasteiger partial charge in [0.1, 0.15) is 0 Å². The van der Waals surface area contributed by atoms with Gasteiger partial charge in [0.25, 0.3) is 0 Å². The Hall–Kier alpha value is -1.85. The van der Waals surface area contributed by atoms with Crippen molar-refractivity contribution in [2.75, 3.05) is 25.1 Å². The van der Waals surface area contributed by atoms with E-state index in [4.69, 9.17) is 4.74 Å². The molecule has 1 aliphatic rings. The molecule has 1 unspecified atom stereocenters. The van der Waals surface area contributed by atoms with E-state index >= 15 is 0 Å². The largest absolute Gasteiger partial charge is 0.389 e. The van der Waals surface area contributed by atoms with Crippen LogP contribution in [-0.2, 0) is 11.3 Å². The Morgan fingerprint density at radius 3 is 2.81 bits per heavy atom. The average Bonchev–Trinajstić information content (AvgIpc) is 2.97. The summed E-state index contributed by atoms with van der Waals surface area (Å²) >= 11 is 0. The molecule has 21 heavy (non-hydrogen) atoms. The van der Waals surface area contributed by atoms with Gasteiger partial charge >= 0.3 is 0 Å². The second kappa shape index (κ2) is 6.28. The summed E-state index contributed by atoms with van der Waals surface area (Å²) in [5.41, 5.74) is 1.23. The number of hydrogen-bond donors (Lipinski definition) is 1. The van der Waals surface area contributed by atoms with Crippen molar-refractivity contribution in [1.82, 2.24) is 9.78 Å². The van der Waals surface area contributed by atoms with Crippen molar-refractivity contribution in [2.24, 2.45) is 0 Å². The zero-order chi connectivity index (χ0) is 14.7. The molecule has 0 saturated carbocycles. The number of aliphatic hydroxyl groups excluding tert-OH is 1.